The molecule has 2 heterocycles. The van der Waals surface area contributed by atoms with Crippen molar-refractivity contribution in [3.8, 4) is 22.7 Å². The molecule has 0 fully saturated rings. The number of aryl methyl sites for hydroxylation is 2. The maximum absolute atomic E-state index is 13.0. The van der Waals surface area contributed by atoms with E-state index in [4.69, 9.17) is 4.74 Å². The van der Waals surface area contributed by atoms with Crippen LogP contribution < -0.4 is 16.0 Å². The number of fused-ring (bicyclic) bond motifs is 1. The number of hydrogen-bond acceptors (Lipinski definition) is 3. The van der Waals surface area contributed by atoms with E-state index in [0.29, 0.717) is 11.0 Å². The minimum Gasteiger partial charge on any atom is -0.497 e. The average Bonchev–Trinajstić information content (AvgIpc) is 3.12. The van der Waals surface area contributed by atoms with Gasteiger partial charge in [-0.05, 0) is 42.8 Å². The standard InChI is InChI=1S/C22H21N3O3/c1-14-5-7-15(8-6-14)18-13-19-20(21(26)24(3)22(27)23(19)2)25(18)16-9-11-17(28-4)12-10-16/h5-13H,1-4H3. The van der Waals surface area contributed by atoms with Crippen LogP contribution in [0.1, 0.15) is 5.56 Å². The first-order chi connectivity index (χ1) is 13.4. The third-order valence-electron chi connectivity index (χ3n) is 5.10. The Bertz CT molecular complexity index is 1290. The van der Waals surface area contributed by atoms with Gasteiger partial charge < -0.3 is 9.30 Å². The molecule has 28 heavy (non-hydrogen) atoms. The van der Waals surface area contributed by atoms with Crippen LogP contribution in [0.3, 0.4) is 0 Å². The van der Waals surface area contributed by atoms with Gasteiger partial charge in [-0.3, -0.25) is 13.9 Å². The maximum atomic E-state index is 13.0. The highest BCUT2D eigenvalue weighted by Crippen LogP contribution is 2.30. The summed E-state index contributed by atoms with van der Waals surface area (Å²) in [6, 6.07) is 17.5. The zero-order valence-electron chi connectivity index (χ0n) is 16.3. The Morgan fingerprint density at radius 1 is 0.857 bits per heavy atom. The molecule has 2 aromatic carbocycles. The molecule has 0 bridgehead atoms. The number of nitrogens with zero attached hydrogens (tertiary/aromatic N) is 3. The monoisotopic (exact) mass is 375 g/mol. The van der Waals surface area contributed by atoms with Crippen molar-refractivity contribution < 1.29 is 4.74 Å². The highest BCUT2D eigenvalue weighted by atomic mass is 16.5. The average molecular weight is 375 g/mol. The van der Waals surface area contributed by atoms with Crippen molar-refractivity contribution in [3.05, 3.63) is 81.0 Å². The van der Waals surface area contributed by atoms with Crippen molar-refractivity contribution >= 4 is 11.0 Å². The second-order valence-electron chi connectivity index (χ2n) is 6.87. The highest BCUT2D eigenvalue weighted by Gasteiger charge is 2.19. The molecule has 142 valence electrons. The first kappa shape index (κ1) is 17.9. The van der Waals surface area contributed by atoms with E-state index in [2.05, 4.69) is 0 Å². The molecule has 0 atom stereocenters. The summed E-state index contributed by atoms with van der Waals surface area (Å²) >= 11 is 0. The van der Waals surface area contributed by atoms with Gasteiger partial charge in [-0.25, -0.2) is 4.79 Å². The van der Waals surface area contributed by atoms with Crippen molar-refractivity contribution in [2.24, 2.45) is 14.1 Å². The molecule has 4 aromatic rings. The first-order valence-electron chi connectivity index (χ1n) is 8.95. The lowest BCUT2D eigenvalue weighted by Gasteiger charge is -2.12. The van der Waals surface area contributed by atoms with E-state index in [9.17, 15) is 9.59 Å². The van der Waals surface area contributed by atoms with Crippen LogP contribution in [0.25, 0.3) is 28.0 Å². The lowest BCUT2D eigenvalue weighted by atomic mass is 10.1. The largest absolute Gasteiger partial charge is 0.497 e. The topological polar surface area (TPSA) is 58.2 Å². The van der Waals surface area contributed by atoms with Gasteiger partial charge in [0.2, 0.25) is 0 Å². The molecule has 0 aliphatic rings. The number of benzene rings is 2. The Morgan fingerprint density at radius 3 is 2.11 bits per heavy atom. The molecule has 0 aliphatic heterocycles. The summed E-state index contributed by atoms with van der Waals surface area (Å²) < 4.78 is 9.81. The lowest BCUT2D eigenvalue weighted by Crippen LogP contribution is -2.37. The zero-order valence-corrected chi connectivity index (χ0v) is 16.3. The molecule has 0 unspecified atom stereocenters. The third kappa shape index (κ3) is 2.65. The van der Waals surface area contributed by atoms with Crippen LogP contribution in [0.15, 0.2) is 64.2 Å². The van der Waals surface area contributed by atoms with Crippen molar-refractivity contribution in [1.29, 1.82) is 0 Å². The quantitative estimate of drug-likeness (QED) is 0.553. The highest BCUT2D eigenvalue weighted by molar-refractivity contribution is 5.86. The summed E-state index contributed by atoms with van der Waals surface area (Å²) in [6.07, 6.45) is 0. The van der Waals surface area contributed by atoms with E-state index in [-0.39, 0.29) is 11.2 Å². The minimum absolute atomic E-state index is 0.327. The van der Waals surface area contributed by atoms with Crippen molar-refractivity contribution in [1.82, 2.24) is 13.7 Å². The van der Waals surface area contributed by atoms with Gasteiger partial charge in [0.1, 0.15) is 11.3 Å². The van der Waals surface area contributed by atoms with Gasteiger partial charge in [0.25, 0.3) is 5.56 Å². The van der Waals surface area contributed by atoms with E-state index in [1.165, 1.54) is 11.6 Å². The fourth-order valence-corrected chi connectivity index (χ4v) is 3.47. The van der Waals surface area contributed by atoms with Gasteiger partial charge in [0.05, 0.1) is 18.3 Å². The number of rotatable bonds is 3. The fourth-order valence-electron chi connectivity index (χ4n) is 3.47. The molecule has 6 heteroatoms. The van der Waals surface area contributed by atoms with Crippen LogP contribution in [0.5, 0.6) is 5.75 Å². The second-order valence-corrected chi connectivity index (χ2v) is 6.87. The molecule has 6 nitrogen and oxygen atoms in total. The Kier molecular flexibility index (Phi) is 4.19. The van der Waals surface area contributed by atoms with Crippen LogP contribution in [-0.2, 0) is 14.1 Å². The van der Waals surface area contributed by atoms with E-state index in [1.54, 1.807) is 14.2 Å². The summed E-state index contributed by atoms with van der Waals surface area (Å²) in [6.45, 7) is 2.03. The van der Waals surface area contributed by atoms with E-state index < -0.39 is 0 Å². The van der Waals surface area contributed by atoms with Gasteiger partial charge in [-0.15, -0.1) is 0 Å². The Balaban J connectivity index is 2.14. The second kappa shape index (κ2) is 6.56. The van der Waals surface area contributed by atoms with Gasteiger partial charge in [-0.2, -0.15) is 0 Å². The third-order valence-corrected chi connectivity index (χ3v) is 5.10. The summed E-state index contributed by atoms with van der Waals surface area (Å²) in [5.41, 5.74) is 4.17. The smallest absolute Gasteiger partial charge is 0.331 e. The molecular formula is C22H21N3O3. The molecule has 4 rings (SSSR count). The van der Waals surface area contributed by atoms with Gasteiger partial charge >= 0.3 is 5.69 Å². The van der Waals surface area contributed by atoms with Crippen LogP contribution in [-0.4, -0.2) is 20.8 Å². The Hall–Kier alpha value is -3.54. The zero-order chi connectivity index (χ0) is 20.0. The van der Waals surface area contributed by atoms with E-state index >= 15 is 0 Å². The summed E-state index contributed by atoms with van der Waals surface area (Å²) in [4.78, 5) is 25.4. The molecular weight excluding hydrogens is 354 g/mol. The summed E-state index contributed by atoms with van der Waals surface area (Å²) in [5, 5.41) is 0. The first-order valence-corrected chi connectivity index (χ1v) is 8.95. The minimum atomic E-state index is -0.347. The van der Waals surface area contributed by atoms with Gasteiger partial charge in [-0.1, -0.05) is 29.8 Å². The number of methoxy groups -OCH3 is 1. The van der Waals surface area contributed by atoms with Crippen LogP contribution in [0.4, 0.5) is 0 Å². The molecule has 0 amide bonds. The number of hydrogen-bond donors (Lipinski definition) is 0. The van der Waals surface area contributed by atoms with E-state index in [0.717, 1.165) is 32.8 Å². The fraction of sp³-hybridized carbons (Fsp3) is 0.182. The van der Waals surface area contributed by atoms with Crippen LogP contribution in [0.2, 0.25) is 0 Å². The number of ether oxygens (including phenoxy) is 1. The molecule has 0 saturated carbocycles. The van der Waals surface area contributed by atoms with Crippen LogP contribution in [0, 0.1) is 6.92 Å². The summed E-state index contributed by atoms with van der Waals surface area (Å²) in [5.74, 6) is 0.734. The molecule has 0 N–H and O–H groups in total. The molecule has 0 saturated heterocycles. The van der Waals surface area contributed by atoms with Crippen molar-refractivity contribution in [3.63, 3.8) is 0 Å². The molecule has 0 radical (unpaired) electrons. The van der Waals surface area contributed by atoms with Crippen molar-refractivity contribution in [2.45, 2.75) is 6.92 Å². The molecule has 0 aliphatic carbocycles. The van der Waals surface area contributed by atoms with Gasteiger partial charge in [0, 0.05) is 19.8 Å². The van der Waals surface area contributed by atoms with E-state index in [1.807, 2.05) is 66.1 Å². The Labute approximate surface area is 161 Å². The predicted molar refractivity (Wildman–Crippen MR) is 110 cm³/mol. The van der Waals surface area contributed by atoms with Crippen LogP contribution >= 0.6 is 0 Å². The Morgan fingerprint density at radius 2 is 1.50 bits per heavy atom. The summed E-state index contributed by atoms with van der Waals surface area (Å²) in [7, 11) is 4.80. The molecule has 2 aromatic heterocycles. The van der Waals surface area contributed by atoms with Crippen molar-refractivity contribution in [2.75, 3.05) is 7.11 Å². The molecule has 0 spiro atoms. The SMILES string of the molecule is COc1ccc(-n2c(-c3ccc(C)cc3)cc3c2c(=O)n(C)c(=O)n3C)cc1. The lowest BCUT2D eigenvalue weighted by molar-refractivity contribution is 0.415. The normalized spacial score (nSPS) is 11.1. The predicted octanol–water partition coefficient (Wildman–Crippen LogP) is 3.01. The maximum Gasteiger partial charge on any atom is 0.331 e. The van der Waals surface area contributed by atoms with Gasteiger partial charge in [0.15, 0.2) is 0 Å². The number of aromatic nitrogens is 3.